The summed E-state index contributed by atoms with van der Waals surface area (Å²) in [6, 6.07) is 13.1. The Balaban J connectivity index is 1.52. The highest BCUT2D eigenvalue weighted by molar-refractivity contribution is 7.98. The summed E-state index contributed by atoms with van der Waals surface area (Å²) in [6.45, 7) is 5.78. The number of urea groups is 1. The van der Waals surface area contributed by atoms with Crippen molar-refractivity contribution in [1.29, 1.82) is 0 Å². The Bertz CT molecular complexity index is 965. The van der Waals surface area contributed by atoms with Crippen molar-refractivity contribution in [1.82, 2.24) is 4.90 Å². The average molecular weight is 467 g/mol. The maximum atomic E-state index is 13.5. The Kier molecular flexibility index (Phi) is 7.81. The van der Waals surface area contributed by atoms with Crippen molar-refractivity contribution in [2.75, 3.05) is 48.0 Å². The SMILES string of the molecule is CSc1ccc(NC(=O)Nc2ccc(N3CCCCC3)c(C(=O)N3CCC(C)CC3)c2)cc1. The van der Waals surface area contributed by atoms with Gasteiger partial charge in [-0.2, -0.15) is 0 Å². The van der Waals surface area contributed by atoms with Crippen LogP contribution in [0.1, 0.15) is 49.4 Å². The van der Waals surface area contributed by atoms with Crippen LogP contribution in [0.25, 0.3) is 0 Å². The Hall–Kier alpha value is -2.67. The number of carbonyl (C=O) groups is 2. The van der Waals surface area contributed by atoms with Gasteiger partial charge in [-0.25, -0.2) is 4.79 Å². The van der Waals surface area contributed by atoms with E-state index >= 15 is 0 Å². The first-order valence-electron chi connectivity index (χ1n) is 11.9. The molecule has 0 radical (unpaired) electrons. The Morgan fingerprint density at radius 3 is 2.18 bits per heavy atom. The number of nitrogens with one attached hydrogen (secondary N) is 2. The lowest BCUT2D eigenvalue weighted by molar-refractivity contribution is 0.0697. The molecule has 0 spiro atoms. The molecule has 7 heteroatoms. The number of hydrogen-bond donors (Lipinski definition) is 2. The Morgan fingerprint density at radius 2 is 1.52 bits per heavy atom. The Labute approximate surface area is 201 Å². The number of thioether (sulfide) groups is 1. The summed E-state index contributed by atoms with van der Waals surface area (Å²) in [5, 5.41) is 5.78. The van der Waals surface area contributed by atoms with Gasteiger partial charge in [0, 0.05) is 48.1 Å². The minimum absolute atomic E-state index is 0.0687. The van der Waals surface area contributed by atoms with Crippen LogP contribution in [0.15, 0.2) is 47.4 Å². The molecule has 2 fully saturated rings. The van der Waals surface area contributed by atoms with Gasteiger partial charge in [-0.15, -0.1) is 11.8 Å². The zero-order chi connectivity index (χ0) is 23.2. The summed E-state index contributed by atoms with van der Waals surface area (Å²) in [5.74, 6) is 0.733. The molecule has 2 heterocycles. The topological polar surface area (TPSA) is 64.7 Å². The van der Waals surface area contributed by atoms with Crippen LogP contribution in [0.4, 0.5) is 21.9 Å². The minimum atomic E-state index is -0.317. The fraction of sp³-hybridized carbons (Fsp3) is 0.462. The predicted octanol–water partition coefficient (Wildman–Crippen LogP) is 5.91. The highest BCUT2D eigenvalue weighted by atomic mass is 32.2. The molecule has 2 N–H and O–H groups in total. The van der Waals surface area contributed by atoms with Gasteiger partial charge in [-0.1, -0.05) is 6.92 Å². The van der Waals surface area contributed by atoms with Crippen molar-refractivity contribution < 1.29 is 9.59 Å². The summed E-state index contributed by atoms with van der Waals surface area (Å²) in [7, 11) is 0. The fourth-order valence-electron chi connectivity index (χ4n) is 4.55. The Morgan fingerprint density at radius 1 is 0.879 bits per heavy atom. The molecule has 2 aromatic carbocycles. The van der Waals surface area contributed by atoms with E-state index in [0.29, 0.717) is 17.2 Å². The van der Waals surface area contributed by atoms with Gasteiger partial charge >= 0.3 is 6.03 Å². The van der Waals surface area contributed by atoms with Crippen LogP contribution < -0.4 is 15.5 Å². The third-order valence-corrected chi connectivity index (χ3v) is 7.34. The van der Waals surface area contributed by atoms with E-state index in [1.54, 1.807) is 11.8 Å². The summed E-state index contributed by atoms with van der Waals surface area (Å²) in [6.07, 6.45) is 7.63. The lowest BCUT2D eigenvalue weighted by Gasteiger charge is -2.34. The molecule has 0 unspecified atom stereocenters. The number of piperidine rings is 2. The van der Waals surface area contributed by atoms with Crippen LogP contribution in [-0.2, 0) is 0 Å². The first kappa shape index (κ1) is 23.5. The number of hydrogen-bond acceptors (Lipinski definition) is 4. The second-order valence-corrected chi connectivity index (χ2v) is 9.94. The molecule has 33 heavy (non-hydrogen) atoms. The minimum Gasteiger partial charge on any atom is -0.371 e. The molecule has 6 nitrogen and oxygen atoms in total. The number of likely N-dealkylation sites (tertiary alicyclic amines) is 1. The van der Waals surface area contributed by atoms with Crippen molar-refractivity contribution in [2.45, 2.75) is 43.9 Å². The lowest BCUT2D eigenvalue weighted by atomic mass is 9.98. The number of benzene rings is 2. The predicted molar refractivity (Wildman–Crippen MR) is 138 cm³/mol. The molecule has 2 saturated heterocycles. The molecule has 2 aliphatic heterocycles. The van der Waals surface area contributed by atoms with Crippen molar-refractivity contribution in [3.8, 4) is 0 Å². The fourth-order valence-corrected chi connectivity index (χ4v) is 4.95. The van der Waals surface area contributed by atoms with Gasteiger partial charge in [-0.05, 0) is 86.7 Å². The number of amides is 3. The van der Waals surface area contributed by atoms with E-state index in [0.717, 1.165) is 68.1 Å². The van der Waals surface area contributed by atoms with E-state index in [2.05, 4.69) is 22.5 Å². The summed E-state index contributed by atoms with van der Waals surface area (Å²) in [5.41, 5.74) is 3.03. The molecular weight excluding hydrogens is 432 g/mol. The lowest BCUT2D eigenvalue weighted by Crippen LogP contribution is -2.39. The van der Waals surface area contributed by atoms with Crippen molar-refractivity contribution in [3.63, 3.8) is 0 Å². The molecular formula is C26H34N4O2S. The van der Waals surface area contributed by atoms with Crippen LogP contribution >= 0.6 is 11.8 Å². The highest BCUT2D eigenvalue weighted by Gasteiger charge is 2.26. The monoisotopic (exact) mass is 466 g/mol. The second-order valence-electron chi connectivity index (χ2n) is 9.06. The second kappa shape index (κ2) is 11.0. The smallest absolute Gasteiger partial charge is 0.323 e. The van der Waals surface area contributed by atoms with Crippen LogP contribution in [-0.4, -0.2) is 49.3 Å². The summed E-state index contributed by atoms with van der Waals surface area (Å²) in [4.78, 5) is 31.6. The summed E-state index contributed by atoms with van der Waals surface area (Å²) >= 11 is 1.66. The quantitative estimate of drug-likeness (QED) is 0.537. The third kappa shape index (κ3) is 6.02. The number of nitrogens with zero attached hydrogens (tertiary/aromatic N) is 2. The number of rotatable bonds is 5. The van der Waals surface area contributed by atoms with E-state index in [1.807, 2.05) is 53.6 Å². The van der Waals surface area contributed by atoms with Gasteiger partial charge in [0.25, 0.3) is 5.91 Å². The van der Waals surface area contributed by atoms with Crippen molar-refractivity contribution in [2.24, 2.45) is 5.92 Å². The van der Waals surface area contributed by atoms with Gasteiger partial charge in [0.1, 0.15) is 0 Å². The van der Waals surface area contributed by atoms with Gasteiger partial charge in [0.2, 0.25) is 0 Å². The normalized spacial score (nSPS) is 17.0. The highest BCUT2D eigenvalue weighted by Crippen LogP contribution is 2.30. The largest absolute Gasteiger partial charge is 0.371 e. The van der Waals surface area contributed by atoms with Crippen LogP contribution in [0.3, 0.4) is 0 Å². The zero-order valence-electron chi connectivity index (χ0n) is 19.6. The number of anilines is 3. The van der Waals surface area contributed by atoms with Crippen LogP contribution in [0.5, 0.6) is 0 Å². The first-order chi connectivity index (χ1) is 16.0. The van der Waals surface area contributed by atoms with E-state index < -0.39 is 0 Å². The molecule has 176 valence electrons. The van der Waals surface area contributed by atoms with Crippen molar-refractivity contribution >= 4 is 40.8 Å². The molecule has 2 aliphatic rings. The van der Waals surface area contributed by atoms with E-state index in [9.17, 15) is 9.59 Å². The van der Waals surface area contributed by atoms with Gasteiger partial charge in [-0.3, -0.25) is 4.79 Å². The van der Waals surface area contributed by atoms with Gasteiger partial charge in [0.15, 0.2) is 0 Å². The summed E-state index contributed by atoms with van der Waals surface area (Å²) < 4.78 is 0. The first-order valence-corrected chi connectivity index (χ1v) is 13.2. The molecule has 0 aromatic heterocycles. The molecule has 0 aliphatic carbocycles. The van der Waals surface area contributed by atoms with Gasteiger partial charge in [0.05, 0.1) is 5.56 Å². The molecule has 2 aromatic rings. The van der Waals surface area contributed by atoms with E-state index in [4.69, 9.17) is 0 Å². The van der Waals surface area contributed by atoms with Crippen LogP contribution in [0.2, 0.25) is 0 Å². The zero-order valence-corrected chi connectivity index (χ0v) is 20.4. The van der Waals surface area contributed by atoms with E-state index in [1.165, 1.54) is 6.42 Å². The van der Waals surface area contributed by atoms with Crippen molar-refractivity contribution in [3.05, 3.63) is 48.0 Å². The molecule has 0 saturated carbocycles. The number of carbonyl (C=O) groups excluding carboxylic acids is 2. The maximum absolute atomic E-state index is 13.5. The maximum Gasteiger partial charge on any atom is 0.323 e. The molecule has 0 atom stereocenters. The molecule has 4 rings (SSSR count). The molecule has 0 bridgehead atoms. The standard InChI is InChI=1S/C26H34N4O2S/c1-19-12-16-30(17-13-19)25(31)23-18-21(8-11-24(23)29-14-4-3-5-15-29)28-26(32)27-20-6-9-22(33-2)10-7-20/h6-11,18-19H,3-5,12-17H2,1-2H3,(H2,27,28,32). The van der Waals surface area contributed by atoms with Crippen LogP contribution in [0, 0.1) is 5.92 Å². The van der Waals surface area contributed by atoms with Gasteiger partial charge < -0.3 is 20.4 Å². The molecule has 3 amide bonds. The average Bonchev–Trinajstić information content (AvgIpc) is 2.85. The van der Waals surface area contributed by atoms with E-state index in [-0.39, 0.29) is 11.9 Å². The third-order valence-electron chi connectivity index (χ3n) is 6.60.